The van der Waals surface area contributed by atoms with Crippen molar-refractivity contribution in [1.29, 1.82) is 0 Å². The number of hydrogen-bond acceptors (Lipinski definition) is 2. The molecule has 68 valence electrons. The van der Waals surface area contributed by atoms with Gasteiger partial charge in [-0.05, 0) is 25.2 Å². The van der Waals surface area contributed by atoms with Crippen molar-refractivity contribution in [2.45, 2.75) is 26.2 Å². The van der Waals surface area contributed by atoms with E-state index in [1.54, 1.807) is 0 Å². The lowest BCUT2D eigenvalue weighted by molar-refractivity contribution is 0.311. The molecule has 0 spiro atoms. The Balaban J connectivity index is 2.68. The maximum Gasteiger partial charge on any atom is 0.148 e. The summed E-state index contributed by atoms with van der Waals surface area (Å²) >= 11 is 5.78. The molecular formula is C9H14ClNO. The fraction of sp³-hybridized carbons (Fsp3) is 0.667. The number of hydrogen-bond donors (Lipinski definition) is 1. The van der Waals surface area contributed by atoms with Gasteiger partial charge in [0.15, 0.2) is 0 Å². The first-order valence-corrected chi connectivity index (χ1v) is 4.71. The molecule has 3 heteroatoms. The third-order valence-corrected chi connectivity index (χ3v) is 2.77. The van der Waals surface area contributed by atoms with Crippen LogP contribution in [-0.2, 0) is 0 Å². The Bertz CT molecular complexity index is 201. The minimum Gasteiger partial charge on any atom is -0.410 e. The van der Waals surface area contributed by atoms with E-state index in [0.29, 0.717) is 11.1 Å². The van der Waals surface area contributed by atoms with Crippen LogP contribution in [0, 0.1) is 11.8 Å². The lowest BCUT2D eigenvalue weighted by Gasteiger charge is -2.24. The quantitative estimate of drug-likeness (QED) is 0.307. The molecule has 0 aromatic heterocycles. The number of allylic oxidation sites excluding steroid dienone is 2. The number of halogens is 1. The molecule has 0 fully saturated rings. The second-order valence-electron chi connectivity index (χ2n) is 3.11. The van der Waals surface area contributed by atoms with Gasteiger partial charge in [-0.1, -0.05) is 35.8 Å². The number of nitrogens with zero attached hydrogens (tertiary/aromatic N) is 1. The largest absolute Gasteiger partial charge is 0.410 e. The second-order valence-corrected chi connectivity index (χ2v) is 3.49. The van der Waals surface area contributed by atoms with E-state index in [0.717, 1.165) is 19.3 Å². The Kier molecular flexibility index (Phi) is 3.60. The minimum absolute atomic E-state index is 0.228. The van der Waals surface area contributed by atoms with Crippen LogP contribution in [0.5, 0.6) is 0 Å². The van der Waals surface area contributed by atoms with E-state index in [4.69, 9.17) is 16.8 Å². The monoisotopic (exact) mass is 187 g/mol. The molecule has 0 aliphatic heterocycles. The van der Waals surface area contributed by atoms with Crippen molar-refractivity contribution < 1.29 is 5.21 Å². The van der Waals surface area contributed by atoms with Gasteiger partial charge in [0.2, 0.25) is 0 Å². The molecule has 0 bridgehead atoms. The first-order valence-electron chi connectivity index (χ1n) is 4.33. The molecule has 1 N–H and O–H groups in total. The molecule has 12 heavy (non-hydrogen) atoms. The third kappa shape index (κ3) is 2.01. The predicted molar refractivity (Wildman–Crippen MR) is 50.7 cm³/mol. The van der Waals surface area contributed by atoms with Gasteiger partial charge in [-0.3, -0.25) is 0 Å². The van der Waals surface area contributed by atoms with Crippen molar-refractivity contribution in [3.05, 3.63) is 12.2 Å². The topological polar surface area (TPSA) is 32.6 Å². The van der Waals surface area contributed by atoms with Crippen LogP contribution in [0.3, 0.4) is 0 Å². The molecule has 1 rings (SSSR count). The maximum absolute atomic E-state index is 8.53. The highest BCUT2D eigenvalue weighted by Crippen LogP contribution is 2.29. The van der Waals surface area contributed by atoms with E-state index in [9.17, 15) is 0 Å². The number of rotatable bonds is 2. The van der Waals surface area contributed by atoms with Gasteiger partial charge >= 0.3 is 0 Å². The fourth-order valence-corrected chi connectivity index (χ4v) is 1.96. The van der Waals surface area contributed by atoms with Gasteiger partial charge in [0.25, 0.3) is 0 Å². The molecule has 1 aliphatic carbocycles. The average Bonchev–Trinajstić information content (AvgIpc) is 2.16. The highest BCUT2D eigenvalue weighted by Gasteiger charge is 2.24. The summed E-state index contributed by atoms with van der Waals surface area (Å²) in [4.78, 5) is 0. The van der Waals surface area contributed by atoms with E-state index in [1.165, 1.54) is 0 Å². The molecule has 0 heterocycles. The summed E-state index contributed by atoms with van der Waals surface area (Å²) in [7, 11) is 0. The summed E-state index contributed by atoms with van der Waals surface area (Å²) in [5.74, 6) is 0.675. The van der Waals surface area contributed by atoms with Crippen LogP contribution in [0.25, 0.3) is 0 Å². The Morgan fingerprint density at radius 2 is 2.50 bits per heavy atom. The second kappa shape index (κ2) is 4.51. The van der Waals surface area contributed by atoms with Gasteiger partial charge in [-0.25, -0.2) is 0 Å². The highest BCUT2D eigenvalue weighted by atomic mass is 35.5. The summed E-state index contributed by atoms with van der Waals surface area (Å²) in [6, 6.07) is 0. The molecule has 2 atom stereocenters. The Morgan fingerprint density at radius 3 is 3.08 bits per heavy atom. The van der Waals surface area contributed by atoms with E-state index >= 15 is 0 Å². The van der Waals surface area contributed by atoms with Crippen molar-refractivity contribution in [2.75, 3.05) is 0 Å². The van der Waals surface area contributed by atoms with Crippen LogP contribution in [0.1, 0.15) is 26.2 Å². The molecule has 0 aromatic carbocycles. The van der Waals surface area contributed by atoms with E-state index in [-0.39, 0.29) is 5.92 Å². The van der Waals surface area contributed by atoms with Gasteiger partial charge in [0.1, 0.15) is 5.17 Å². The highest BCUT2D eigenvalue weighted by molar-refractivity contribution is 6.65. The van der Waals surface area contributed by atoms with Crippen molar-refractivity contribution in [3.8, 4) is 0 Å². The van der Waals surface area contributed by atoms with Crippen molar-refractivity contribution in [3.63, 3.8) is 0 Å². The first-order chi connectivity index (χ1) is 5.79. The summed E-state index contributed by atoms with van der Waals surface area (Å²) < 4.78 is 0. The van der Waals surface area contributed by atoms with Crippen LogP contribution in [0.4, 0.5) is 0 Å². The molecule has 0 saturated heterocycles. The smallest absolute Gasteiger partial charge is 0.148 e. The molecule has 0 amide bonds. The SMILES string of the molecule is CC[C@H]1C=CCC[C@H]1/C(Cl)=N/O. The first kappa shape index (κ1) is 9.59. The number of oxime groups is 1. The Labute approximate surface area is 77.9 Å². The zero-order chi connectivity index (χ0) is 8.97. The van der Waals surface area contributed by atoms with Crippen LogP contribution in [-0.4, -0.2) is 10.4 Å². The zero-order valence-electron chi connectivity index (χ0n) is 7.20. The van der Waals surface area contributed by atoms with E-state index < -0.39 is 0 Å². The molecular weight excluding hydrogens is 174 g/mol. The standard InChI is InChI=1S/C9H14ClNO/c1-2-7-5-3-4-6-8(7)9(10)11-12/h3,5,7-8,12H,2,4,6H2,1H3/b11-9-/t7-,8+/m0/s1. The molecule has 0 saturated carbocycles. The van der Waals surface area contributed by atoms with Gasteiger partial charge in [-0.15, -0.1) is 0 Å². The van der Waals surface area contributed by atoms with Gasteiger partial charge in [0, 0.05) is 5.92 Å². The molecule has 0 unspecified atom stereocenters. The maximum atomic E-state index is 8.53. The van der Waals surface area contributed by atoms with E-state index in [1.807, 2.05) is 0 Å². The normalized spacial score (nSPS) is 30.7. The Morgan fingerprint density at radius 1 is 1.75 bits per heavy atom. The van der Waals surface area contributed by atoms with Gasteiger partial charge in [0.05, 0.1) is 0 Å². The minimum atomic E-state index is 0.228. The van der Waals surface area contributed by atoms with Gasteiger partial charge in [-0.2, -0.15) is 0 Å². The molecule has 0 aromatic rings. The molecule has 0 radical (unpaired) electrons. The summed E-state index contributed by atoms with van der Waals surface area (Å²) in [5.41, 5.74) is 0. The average molecular weight is 188 g/mol. The Hall–Kier alpha value is -0.500. The lowest BCUT2D eigenvalue weighted by atomic mass is 9.83. The molecule has 2 nitrogen and oxygen atoms in total. The lowest BCUT2D eigenvalue weighted by Crippen LogP contribution is -2.20. The van der Waals surface area contributed by atoms with Gasteiger partial charge < -0.3 is 5.21 Å². The van der Waals surface area contributed by atoms with Crippen LogP contribution < -0.4 is 0 Å². The zero-order valence-corrected chi connectivity index (χ0v) is 7.96. The summed E-state index contributed by atoms with van der Waals surface area (Å²) in [5, 5.41) is 11.9. The molecule has 1 aliphatic rings. The van der Waals surface area contributed by atoms with Crippen LogP contribution >= 0.6 is 11.6 Å². The van der Waals surface area contributed by atoms with Crippen LogP contribution in [0.15, 0.2) is 17.3 Å². The van der Waals surface area contributed by atoms with Crippen molar-refractivity contribution >= 4 is 16.8 Å². The van der Waals surface area contributed by atoms with Crippen molar-refractivity contribution in [2.24, 2.45) is 17.0 Å². The van der Waals surface area contributed by atoms with Crippen molar-refractivity contribution in [1.82, 2.24) is 0 Å². The summed E-state index contributed by atoms with van der Waals surface area (Å²) in [6.07, 6.45) is 7.42. The van der Waals surface area contributed by atoms with E-state index in [2.05, 4.69) is 24.2 Å². The van der Waals surface area contributed by atoms with Crippen LogP contribution in [0.2, 0.25) is 0 Å². The fourth-order valence-electron chi connectivity index (χ4n) is 1.69. The third-order valence-electron chi connectivity index (χ3n) is 2.42. The summed E-state index contributed by atoms with van der Waals surface area (Å²) in [6.45, 7) is 2.12. The predicted octanol–water partition coefficient (Wildman–Crippen LogP) is 3.01.